The quantitative estimate of drug-likeness (QED) is 0.490. The van der Waals surface area contributed by atoms with Crippen molar-refractivity contribution >= 4 is 29.3 Å². The van der Waals surface area contributed by atoms with Crippen molar-refractivity contribution in [2.24, 2.45) is 0 Å². The average molecular weight is 380 g/mol. The van der Waals surface area contributed by atoms with Gasteiger partial charge in [0.1, 0.15) is 0 Å². The first-order valence-electron chi connectivity index (χ1n) is 8.47. The molecule has 0 aliphatic heterocycles. The molecule has 142 valence electrons. The predicted octanol–water partition coefficient (Wildman–Crippen LogP) is 3.69. The molecule has 8 heteroatoms. The number of para-hydroxylation sites is 2. The highest BCUT2D eigenvalue weighted by atomic mass is 16.6. The molecule has 2 aromatic carbocycles. The van der Waals surface area contributed by atoms with Gasteiger partial charge in [-0.15, -0.1) is 0 Å². The van der Waals surface area contributed by atoms with Gasteiger partial charge >= 0.3 is 0 Å². The molecule has 0 unspecified atom stereocenters. The molecule has 1 N–H and O–H groups in total. The molecule has 0 aromatic heterocycles. The van der Waals surface area contributed by atoms with E-state index < -0.39 is 16.0 Å². The van der Waals surface area contributed by atoms with E-state index in [0.29, 0.717) is 0 Å². The normalized spacial score (nSPS) is 19.8. The van der Waals surface area contributed by atoms with Crippen LogP contribution >= 0.6 is 0 Å². The van der Waals surface area contributed by atoms with Crippen LogP contribution in [0.5, 0.6) is 0 Å². The smallest absolute Gasteiger partial charge is 0.276 e. The number of nitrogens with zero attached hydrogens (tertiary/aromatic N) is 2. The molecule has 0 spiro atoms. The van der Waals surface area contributed by atoms with Crippen molar-refractivity contribution < 1.29 is 19.7 Å². The van der Waals surface area contributed by atoms with Gasteiger partial charge in [-0.3, -0.25) is 25.0 Å². The van der Waals surface area contributed by atoms with E-state index in [4.69, 9.17) is 0 Å². The number of benzene rings is 2. The van der Waals surface area contributed by atoms with Crippen molar-refractivity contribution in [2.45, 2.75) is 18.9 Å². The predicted molar refractivity (Wildman–Crippen MR) is 102 cm³/mol. The summed E-state index contributed by atoms with van der Waals surface area (Å²) in [5.41, 5.74) is 0.667. The Bertz CT molecular complexity index is 945. The molecule has 0 saturated heterocycles. The zero-order valence-electron chi connectivity index (χ0n) is 14.6. The Morgan fingerprint density at radius 3 is 1.61 bits per heavy atom. The molecule has 28 heavy (non-hydrogen) atoms. The monoisotopic (exact) mass is 380 g/mol. The molecule has 1 saturated carbocycles. The maximum atomic E-state index is 12.9. The van der Waals surface area contributed by atoms with Gasteiger partial charge in [0.25, 0.3) is 11.4 Å². The zero-order chi connectivity index (χ0) is 20.3. The van der Waals surface area contributed by atoms with Crippen LogP contribution in [-0.4, -0.2) is 26.8 Å². The topological polar surface area (TPSA) is 124 Å². The van der Waals surface area contributed by atoms with Crippen LogP contribution in [-0.2, 0) is 4.79 Å². The van der Waals surface area contributed by atoms with E-state index in [9.17, 15) is 30.1 Å². The second-order valence-electron chi connectivity index (χ2n) is 6.36. The SMILES string of the molecule is O=C1/C(=C/c2ccccc2[N+](=O)[O-])CC(O)C/C1=C\c1ccccc1[N+](=O)[O-]. The van der Waals surface area contributed by atoms with Gasteiger partial charge in [0, 0.05) is 36.1 Å². The fraction of sp³-hybridized carbons (Fsp3) is 0.150. The van der Waals surface area contributed by atoms with Crippen molar-refractivity contribution in [2.75, 3.05) is 0 Å². The highest BCUT2D eigenvalue weighted by molar-refractivity contribution is 6.14. The third-order valence-corrected chi connectivity index (χ3v) is 4.42. The summed E-state index contributed by atoms with van der Waals surface area (Å²) in [5, 5.41) is 32.5. The van der Waals surface area contributed by atoms with Crippen LogP contribution in [0.25, 0.3) is 12.2 Å². The van der Waals surface area contributed by atoms with E-state index in [1.807, 2.05) is 0 Å². The van der Waals surface area contributed by atoms with Crippen LogP contribution in [0.4, 0.5) is 11.4 Å². The van der Waals surface area contributed by atoms with Gasteiger partial charge in [-0.1, -0.05) is 24.3 Å². The molecule has 0 radical (unpaired) electrons. The van der Waals surface area contributed by atoms with Gasteiger partial charge < -0.3 is 5.11 Å². The van der Waals surface area contributed by atoms with Gasteiger partial charge in [-0.2, -0.15) is 0 Å². The number of nitro benzene ring substituents is 2. The number of aliphatic hydroxyl groups is 1. The second-order valence-corrected chi connectivity index (χ2v) is 6.36. The van der Waals surface area contributed by atoms with Crippen molar-refractivity contribution in [3.05, 3.63) is 91.0 Å². The molecule has 8 nitrogen and oxygen atoms in total. The van der Waals surface area contributed by atoms with E-state index in [1.54, 1.807) is 12.1 Å². The van der Waals surface area contributed by atoms with Gasteiger partial charge in [0.2, 0.25) is 0 Å². The molecular weight excluding hydrogens is 364 g/mol. The van der Waals surface area contributed by atoms with Crippen LogP contribution in [0.3, 0.4) is 0 Å². The molecule has 3 rings (SSSR count). The minimum atomic E-state index is -0.860. The lowest BCUT2D eigenvalue weighted by Gasteiger charge is -2.21. The molecule has 0 heterocycles. The zero-order valence-corrected chi connectivity index (χ0v) is 14.6. The number of aliphatic hydroxyl groups excluding tert-OH is 1. The average Bonchev–Trinajstić information content (AvgIpc) is 2.66. The van der Waals surface area contributed by atoms with E-state index >= 15 is 0 Å². The molecule has 0 bridgehead atoms. The fourth-order valence-corrected chi connectivity index (χ4v) is 3.15. The molecule has 0 atom stereocenters. The van der Waals surface area contributed by atoms with Gasteiger partial charge in [0.05, 0.1) is 27.1 Å². The van der Waals surface area contributed by atoms with Crippen LogP contribution in [0.15, 0.2) is 59.7 Å². The maximum absolute atomic E-state index is 12.9. The first-order chi connectivity index (χ1) is 13.4. The van der Waals surface area contributed by atoms with Crippen molar-refractivity contribution in [3.8, 4) is 0 Å². The van der Waals surface area contributed by atoms with Crippen LogP contribution in [0.2, 0.25) is 0 Å². The standard InChI is InChI=1S/C20H16N2O6/c23-17-11-15(9-13-5-1-3-7-18(13)21(25)26)20(24)16(12-17)10-14-6-2-4-8-19(14)22(27)28/h1-10,17,23H,11-12H2/b15-9+,16-10+. The Hall–Kier alpha value is -3.65. The highest BCUT2D eigenvalue weighted by Gasteiger charge is 2.28. The Kier molecular flexibility index (Phi) is 5.42. The van der Waals surface area contributed by atoms with Crippen molar-refractivity contribution in [1.82, 2.24) is 0 Å². The highest BCUT2D eigenvalue weighted by Crippen LogP contribution is 2.31. The Labute approximate surface area is 159 Å². The Balaban J connectivity index is 2.03. The Morgan fingerprint density at radius 1 is 0.821 bits per heavy atom. The largest absolute Gasteiger partial charge is 0.392 e. The van der Waals surface area contributed by atoms with E-state index in [-0.39, 0.29) is 52.3 Å². The summed E-state index contributed by atoms with van der Waals surface area (Å²) in [5.74, 6) is -0.387. The lowest BCUT2D eigenvalue weighted by Crippen LogP contribution is -2.23. The first-order valence-corrected chi connectivity index (χ1v) is 8.47. The van der Waals surface area contributed by atoms with Crippen molar-refractivity contribution in [3.63, 3.8) is 0 Å². The molecule has 2 aromatic rings. The Morgan fingerprint density at radius 2 is 1.21 bits per heavy atom. The third kappa shape index (κ3) is 4.02. The summed E-state index contributed by atoms with van der Waals surface area (Å²) in [7, 11) is 0. The van der Waals surface area contributed by atoms with Crippen LogP contribution < -0.4 is 0 Å². The summed E-state index contributed by atoms with van der Waals surface area (Å²) >= 11 is 0. The summed E-state index contributed by atoms with van der Waals surface area (Å²) in [6.45, 7) is 0. The lowest BCUT2D eigenvalue weighted by atomic mass is 9.85. The minimum Gasteiger partial charge on any atom is -0.392 e. The third-order valence-electron chi connectivity index (χ3n) is 4.42. The summed E-state index contributed by atoms with van der Waals surface area (Å²) in [4.78, 5) is 34.1. The van der Waals surface area contributed by atoms with Gasteiger partial charge in [-0.05, 0) is 24.3 Å². The molecular formula is C20H16N2O6. The fourth-order valence-electron chi connectivity index (χ4n) is 3.15. The maximum Gasteiger partial charge on any atom is 0.276 e. The van der Waals surface area contributed by atoms with Crippen LogP contribution in [0, 0.1) is 20.2 Å². The lowest BCUT2D eigenvalue weighted by molar-refractivity contribution is -0.385. The van der Waals surface area contributed by atoms with Gasteiger partial charge in [0.15, 0.2) is 5.78 Å². The number of carbonyl (C=O) groups is 1. The number of nitro groups is 2. The number of rotatable bonds is 4. The summed E-state index contributed by atoms with van der Waals surface area (Å²) in [6, 6.07) is 12.0. The summed E-state index contributed by atoms with van der Waals surface area (Å²) < 4.78 is 0. The van der Waals surface area contributed by atoms with E-state index in [1.165, 1.54) is 48.6 Å². The number of Topliss-reactive ketones (excluding diaryl/α,β-unsaturated/α-hetero) is 1. The first kappa shape index (κ1) is 19.1. The van der Waals surface area contributed by atoms with E-state index in [2.05, 4.69) is 0 Å². The number of hydrogen-bond donors (Lipinski definition) is 1. The molecule has 0 amide bonds. The molecule has 1 aliphatic carbocycles. The number of ketones is 1. The minimum absolute atomic E-state index is 0.0547. The molecule has 1 fully saturated rings. The summed E-state index contributed by atoms with van der Waals surface area (Å²) in [6.07, 6.45) is 2.05. The number of hydrogen-bond acceptors (Lipinski definition) is 6. The van der Waals surface area contributed by atoms with Gasteiger partial charge in [-0.25, -0.2) is 0 Å². The molecule has 1 aliphatic rings. The van der Waals surface area contributed by atoms with E-state index in [0.717, 1.165) is 0 Å². The van der Waals surface area contributed by atoms with Crippen LogP contribution in [0.1, 0.15) is 24.0 Å². The second kappa shape index (κ2) is 7.93. The van der Waals surface area contributed by atoms with Crippen molar-refractivity contribution in [1.29, 1.82) is 0 Å². The number of carbonyl (C=O) groups excluding carboxylic acids is 1.